The minimum atomic E-state index is -0.0891. The van der Waals surface area contributed by atoms with E-state index in [9.17, 15) is 0 Å². The molecule has 0 aromatic rings. The van der Waals surface area contributed by atoms with Gasteiger partial charge in [0.15, 0.2) is 5.96 Å². The number of rotatable bonds is 9. The molecule has 0 saturated carbocycles. The number of nitrogens with zero attached hydrogens (tertiary/aromatic N) is 1. The van der Waals surface area contributed by atoms with Crippen molar-refractivity contribution in [2.75, 3.05) is 32.8 Å². The van der Waals surface area contributed by atoms with Crippen molar-refractivity contribution in [2.24, 2.45) is 10.9 Å². The number of hydrogen-bond acceptors (Lipinski definition) is 3. The quantitative estimate of drug-likeness (QED) is 0.328. The lowest BCUT2D eigenvalue weighted by molar-refractivity contribution is 0.0255. The van der Waals surface area contributed by atoms with E-state index < -0.39 is 0 Å². The van der Waals surface area contributed by atoms with Gasteiger partial charge in [-0.2, -0.15) is 0 Å². The molecule has 1 aliphatic rings. The lowest BCUT2D eigenvalue weighted by atomic mass is 10.0. The first-order valence-corrected chi connectivity index (χ1v) is 8.78. The van der Waals surface area contributed by atoms with E-state index >= 15 is 0 Å². The third-order valence-corrected chi connectivity index (χ3v) is 4.06. The smallest absolute Gasteiger partial charge is 0.191 e. The van der Waals surface area contributed by atoms with Gasteiger partial charge in [-0.05, 0) is 46.0 Å². The van der Waals surface area contributed by atoms with Crippen molar-refractivity contribution in [3.8, 4) is 0 Å². The second kappa shape index (κ2) is 12.3. The first kappa shape index (κ1) is 22.9. The van der Waals surface area contributed by atoms with Gasteiger partial charge in [-0.15, -0.1) is 24.0 Å². The molecule has 0 aromatic heterocycles. The van der Waals surface area contributed by atoms with Gasteiger partial charge in [-0.25, -0.2) is 0 Å². The highest BCUT2D eigenvalue weighted by Gasteiger charge is 2.29. The molecular formula is C17H36IN3O2. The average Bonchev–Trinajstić information content (AvgIpc) is 2.91. The molecule has 23 heavy (non-hydrogen) atoms. The predicted octanol–water partition coefficient (Wildman–Crippen LogP) is 3.18. The van der Waals surface area contributed by atoms with Crippen LogP contribution in [0.2, 0.25) is 0 Å². The third-order valence-electron chi connectivity index (χ3n) is 4.06. The zero-order chi connectivity index (χ0) is 16.4. The summed E-state index contributed by atoms with van der Waals surface area (Å²) >= 11 is 0. The summed E-state index contributed by atoms with van der Waals surface area (Å²) < 4.78 is 11.6. The molecule has 2 N–H and O–H groups in total. The molecule has 1 heterocycles. The Labute approximate surface area is 159 Å². The molecule has 0 aliphatic carbocycles. The van der Waals surface area contributed by atoms with Crippen molar-refractivity contribution in [3.63, 3.8) is 0 Å². The maximum Gasteiger partial charge on any atom is 0.191 e. The van der Waals surface area contributed by atoms with Crippen molar-refractivity contribution < 1.29 is 9.47 Å². The van der Waals surface area contributed by atoms with E-state index in [1.165, 1.54) is 0 Å². The maximum absolute atomic E-state index is 5.79. The van der Waals surface area contributed by atoms with Crippen LogP contribution in [-0.4, -0.2) is 50.5 Å². The van der Waals surface area contributed by atoms with Gasteiger partial charge < -0.3 is 20.1 Å². The summed E-state index contributed by atoms with van der Waals surface area (Å²) in [5, 5.41) is 6.71. The summed E-state index contributed by atoms with van der Waals surface area (Å²) in [7, 11) is 0. The Morgan fingerprint density at radius 2 is 2.04 bits per heavy atom. The summed E-state index contributed by atoms with van der Waals surface area (Å²) in [6.45, 7) is 14.8. The van der Waals surface area contributed by atoms with Crippen LogP contribution in [0.4, 0.5) is 0 Å². The van der Waals surface area contributed by atoms with Gasteiger partial charge in [-0.1, -0.05) is 13.8 Å². The maximum atomic E-state index is 5.79. The van der Waals surface area contributed by atoms with Gasteiger partial charge in [0.25, 0.3) is 0 Å². The molecule has 1 aliphatic heterocycles. The second-order valence-electron chi connectivity index (χ2n) is 6.55. The van der Waals surface area contributed by atoms with Crippen LogP contribution in [0.15, 0.2) is 4.99 Å². The third kappa shape index (κ3) is 9.10. The molecule has 6 heteroatoms. The molecule has 0 aromatic carbocycles. The lowest BCUT2D eigenvalue weighted by Gasteiger charge is -2.23. The van der Waals surface area contributed by atoms with Crippen molar-refractivity contribution in [3.05, 3.63) is 0 Å². The largest absolute Gasteiger partial charge is 0.378 e. The van der Waals surface area contributed by atoms with E-state index in [-0.39, 0.29) is 29.6 Å². The van der Waals surface area contributed by atoms with E-state index in [1.807, 2.05) is 0 Å². The lowest BCUT2D eigenvalue weighted by Crippen LogP contribution is -2.40. The van der Waals surface area contributed by atoms with E-state index in [4.69, 9.17) is 9.47 Å². The minimum absolute atomic E-state index is 0. The van der Waals surface area contributed by atoms with Gasteiger partial charge >= 0.3 is 0 Å². The van der Waals surface area contributed by atoms with Gasteiger partial charge in [0, 0.05) is 26.3 Å². The molecule has 0 amide bonds. The highest BCUT2D eigenvalue weighted by Crippen LogP contribution is 2.24. The van der Waals surface area contributed by atoms with Crippen LogP contribution in [0.3, 0.4) is 0 Å². The highest BCUT2D eigenvalue weighted by molar-refractivity contribution is 14.0. The standard InChI is InChI=1S/C17H35N3O2.HI/c1-6-18-16(20-13-17(5)10-8-12-22-17)19-11-9-15(14(3)4)21-7-2;/h14-15H,6-13H2,1-5H3,(H2,18,19,20);1H. The van der Waals surface area contributed by atoms with Gasteiger partial charge in [-0.3, -0.25) is 4.99 Å². The number of halogens is 1. The van der Waals surface area contributed by atoms with Crippen LogP contribution in [0.1, 0.15) is 53.9 Å². The fourth-order valence-corrected chi connectivity index (χ4v) is 2.71. The Morgan fingerprint density at radius 1 is 1.30 bits per heavy atom. The van der Waals surface area contributed by atoms with Crippen LogP contribution >= 0.6 is 24.0 Å². The normalized spacial score (nSPS) is 22.8. The zero-order valence-corrected chi connectivity index (χ0v) is 17.8. The summed E-state index contributed by atoms with van der Waals surface area (Å²) in [4.78, 5) is 4.68. The predicted molar refractivity (Wildman–Crippen MR) is 108 cm³/mol. The number of nitrogens with one attached hydrogen (secondary N) is 2. The molecule has 2 unspecified atom stereocenters. The van der Waals surface area contributed by atoms with E-state index in [2.05, 4.69) is 50.2 Å². The molecule has 1 rings (SSSR count). The molecule has 2 atom stereocenters. The van der Waals surface area contributed by atoms with Crippen LogP contribution in [-0.2, 0) is 9.47 Å². The Bertz CT molecular complexity index is 332. The Kier molecular flexibility index (Phi) is 12.3. The first-order valence-electron chi connectivity index (χ1n) is 8.78. The minimum Gasteiger partial charge on any atom is -0.378 e. The molecule has 1 saturated heterocycles. The Hall–Kier alpha value is -0.0800. The molecule has 0 radical (unpaired) electrons. The summed E-state index contributed by atoms with van der Waals surface area (Å²) in [6, 6.07) is 0. The second-order valence-corrected chi connectivity index (χ2v) is 6.55. The fraction of sp³-hybridized carbons (Fsp3) is 0.941. The molecular weight excluding hydrogens is 405 g/mol. The average molecular weight is 441 g/mol. The topological polar surface area (TPSA) is 54.9 Å². The van der Waals surface area contributed by atoms with Crippen molar-refractivity contribution in [1.29, 1.82) is 0 Å². The number of ether oxygens (including phenoxy) is 2. The van der Waals surface area contributed by atoms with Crippen LogP contribution in [0, 0.1) is 5.92 Å². The van der Waals surface area contributed by atoms with E-state index in [1.54, 1.807) is 0 Å². The van der Waals surface area contributed by atoms with Crippen LogP contribution in [0.5, 0.6) is 0 Å². The Morgan fingerprint density at radius 3 is 2.57 bits per heavy atom. The van der Waals surface area contributed by atoms with Crippen molar-refractivity contribution in [2.45, 2.75) is 65.6 Å². The summed E-state index contributed by atoms with van der Waals surface area (Å²) in [6.07, 6.45) is 3.52. The number of guanidine groups is 1. The van der Waals surface area contributed by atoms with Crippen molar-refractivity contribution >= 4 is 29.9 Å². The molecule has 0 bridgehead atoms. The van der Waals surface area contributed by atoms with Crippen molar-refractivity contribution in [1.82, 2.24) is 10.6 Å². The van der Waals surface area contributed by atoms with Gasteiger partial charge in [0.05, 0.1) is 18.2 Å². The molecule has 5 nitrogen and oxygen atoms in total. The summed E-state index contributed by atoms with van der Waals surface area (Å²) in [5.41, 5.74) is -0.0891. The van der Waals surface area contributed by atoms with Crippen LogP contribution < -0.4 is 10.6 Å². The molecule has 1 fully saturated rings. The zero-order valence-electron chi connectivity index (χ0n) is 15.5. The molecule has 0 spiro atoms. The van der Waals surface area contributed by atoms with E-state index in [0.29, 0.717) is 18.6 Å². The number of hydrogen-bond donors (Lipinski definition) is 2. The summed E-state index contributed by atoms with van der Waals surface area (Å²) in [5.74, 6) is 1.41. The monoisotopic (exact) mass is 441 g/mol. The Balaban J connectivity index is 0.00000484. The highest BCUT2D eigenvalue weighted by atomic mass is 127. The van der Waals surface area contributed by atoms with Crippen LogP contribution in [0.25, 0.3) is 0 Å². The first-order chi connectivity index (χ1) is 10.5. The molecule has 138 valence electrons. The van der Waals surface area contributed by atoms with E-state index in [0.717, 1.165) is 51.5 Å². The number of aliphatic imine (C=N–C) groups is 1. The SMILES string of the molecule is CCNC(=NCC1(C)CCCO1)NCCC(OCC)C(C)C.I. The van der Waals surface area contributed by atoms with Gasteiger partial charge in [0.2, 0.25) is 0 Å². The van der Waals surface area contributed by atoms with Gasteiger partial charge in [0.1, 0.15) is 0 Å². The fourth-order valence-electron chi connectivity index (χ4n) is 2.71.